The van der Waals surface area contributed by atoms with Crippen LogP contribution < -0.4 is 14.8 Å². The molecule has 6 heteroatoms. The van der Waals surface area contributed by atoms with Crippen LogP contribution in [0.15, 0.2) is 36.5 Å². The van der Waals surface area contributed by atoms with Gasteiger partial charge in [0.1, 0.15) is 5.75 Å². The van der Waals surface area contributed by atoms with E-state index in [1.54, 1.807) is 26.5 Å². The molecule has 1 saturated heterocycles. The van der Waals surface area contributed by atoms with E-state index in [-0.39, 0.29) is 6.04 Å². The minimum atomic E-state index is 0.221. The normalized spacial score (nSPS) is 15.9. The summed E-state index contributed by atoms with van der Waals surface area (Å²) < 4.78 is 10.7. The molecule has 1 aromatic heterocycles. The maximum Gasteiger partial charge on any atom is 0.226 e. The van der Waals surface area contributed by atoms with Crippen molar-refractivity contribution in [3.8, 4) is 11.6 Å². The molecule has 1 fully saturated rings. The number of nitrogens with zero attached hydrogens (tertiary/aromatic N) is 3. The molecule has 0 amide bonds. The summed E-state index contributed by atoms with van der Waals surface area (Å²) in [5.74, 6) is 2.05. The van der Waals surface area contributed by atoms with Crippen LogP contribution in [0, 0.1) is 0 Å². The molecule has 24 heavy (non-hydrogen) atoms. The number of ether oxygens (including phenoxy) is 2. The first-order valence-electron chi connectivity index (χ1n) is 8.29. The molecule has 0 saturated carbocycles. The van der Waals surface area contributed by atoms with Gasteiger partial charge >= 0.3 is 0 Å². The Labute approximate surface area is 142 Å². The number of anilines is 1. The number of benzene rings is 1. The molecule has 2 heterocycles. The predicted octanol–water partition coefficient (Wildman–Crippen LogP) is 2.74. The lowest BCUT2D eigenvalue weighted by Crippen LogP contribution is -2.31. The smallest absolute Gasteiger partial charge is 0.226 e. The Morgan fingerprint density at radius 3 is 2.67 bits per heavy atom. The van der Waals surface area contributed by atoms with E-state index in [1.807, 2.05) is 12.1 Å². The number of nitrogens with one attached hydrogen (secondary N) is 1. The van der Waals surface area contributed by atoms with Crippen LogP contribution in [0.2, 0.25) is 0 Å². The summed E-state index contributed by atoms with van der Waals surface area (Å²) >= 11 is 0. The van der Waals surface area contributed by atoms with E-state index in [9.17, 15) is 0 Å². The fourth-order valence-electron chi connectivity index (χ4n) is 3.16. The summed E-state index contributed by atoms with van der Waals surface area (Å²) in [4.78, 5) is 11.1. The third-order valence-electron chi connectivity index (χ3n) is 4.37. The van der Waals surface area contributed by atoms with Crippen molar-refractivity contribution in [2.45, 2.75) is 18.9 Å². The van der Waals surface area contributed by atoms with Crippen LogP contribution in [0.3, 0.4) is 0 Å². The molecule has 0 radical (unpaired) electrons. The third kappa shape index (κ3) is 3.76. The third-order valence-corrected chi connectivity index (χ3v) is 4.37. The Hall–Kier alpha value is -2.34. The van der Waals surface area contributed by atoms with Crippen molar-refractivity contribution in [3.05, 3.63) is 42.1 Å². The molecule has 1 N–H and O–H groups in total. The highest BCUT2D eigenvalue weighted by Crippen LogP contribution is 2.31. The molecule has 3 rings (SSSR count). The predicted molar refractivity (Wildman–Crippen MR) is 93.6 cm³/mol. The van der Waals surface area contributed by atoms with Gasteiger partial charge in [0, 0.05) is 24.4 Å². The molecule has 0 unspecified atom stereocenters. The van der Waals surface area contributed by atoms with Gasteiger partial charge in [-0.25, -0.2) is 4.98 Å². The van der Waals surface area contributed by atoms with Gasteiger partial charge in [-0.3, -0.25) is 4.90 Å². The average Bonchev–Trinajstić information content (AvgIpc) is 3.17. The summed E-state index contributed by atoms with van der Waals surface area (Å²) in [6.07, 6.45) is 4.17. The lowest BCUT2D eigenvalue weighted by atomic mass is 10.0. The van der Waals surface area contributed by atoms with Crippen LogP contribution in [-0.4, -0.2) is 48.7 Å². The molecule has 1 aromatic carbocycles. The Kier molecular flexibility index (Phi) is 5.48. The van der Waals surface area contributed by atoms with Crippen LogP contribution in [0.4, 0.5) is 5.95 Å². The van der Waals surface area contributed by atoms with E-state index in [2.05, 4.69) is 32.3 Å². The Balaban J connectivity index is 1.80. The first kappa shape index (κ1) is 16.5. The van der Waals surface area contributed by atoms with Gasteiger partial charge in [0.25, 0.3) is 0 Å². The van der Waals surface area contributed by atoms with Crippen LogP contribution in [-0.2, 0) is 0 Å². The summed E-state index contributed by atoms with van der Waals surface area (Å²) in [6, 6.07) is 10.2. The second kappa shape index (κ2) is 7.97. The van der Waals surface area contributed by atoms with Crippen molar-refractivity contribution in [2.75, 3.05) is 39.2 Å². The van der Waals surface area contributed by atoms with E-state index in [4.69, 9.17) is 9.47 Å². The monoisotopic (exact) mass is 328 g/mol. The molecule has 1 aliphatic rings. The Bertz CT molecular complexity index is 659. The van der Waals surface area contributed by atoms with Crippen LogP contribution in [0.1, 0.15) is 24.4 Å². The van der Waals surface area contributed by atoms with E-state index in [0.29, 0.717) is 18.4 Å². The molecule has 128 valence electrons. The fourth-order valence-corrected chi connectivity index (χ4v) is 3.16. The van der Waals surface area contributed by atoms with E-state index >= 15 is 0 Å². The molecular weight excluding hydrogens is 304 g/mol. The summed E-state index contributed by atoms with van der Waals surface area (Å²) in [5, 5.41) is 3.35. The molecule has 0 bridgehead atoms. The number of para-hydroxylation sites is 1. The van der Waals surface area contributed by atoms with Gasteiger partial charge in [0.2, 0.25) is 11.8 Å². The van der Waals surface area contributed by atoms with Crippen molar-refractivity contribution in [1.82, 2.24) is 14.9 Å². The van der Waals surface area contributed by atoms with Gasteiger partial charge in [-0.1, -0.05) is 18.2 Å². The zero-order valence-corrected chi connectivity index (χ0v) is 14.2. The molecule has 0 spiro atoms. The number of methoxy groups -OCH3 is 2. The minimum absolute atomic E-state index is 0.221. The number of likely N-dealkylation sites (tertiary alicyclic amines) is 1. The van der Waals surface area contributed by atoms with Gasteiger partial charge in [-0.05, 0) is 32.0 Å². The standard InChI is InChI=1S/C18H24N4O2/c1-23-16-8-4-3-7-14(16)15(22-11-5-6-12-22)13-20-18-19-10-9-17(21-18)24-2/h3-4,7-10,15H,5-6,11-13H2,1-2H3,(H,19,20,21)/t15-/m1/s1. The summed E-state index contributed by atoms with van der Waals surface area (Å²) in [5.41, 5.74) is 1.19. The van der Waals surface area contributed by atoms with E-state index in [1.165, 1.54) is 18.4 Å². The van der Waals surface area contributed by atoms with Crippen molar-refractivity contribution in [1.29, 1.82) is 0 Å². The highest BCUT2D eigenvalue weighted by atomic mass is 16.5. The maximum absolute atomic E-state index is 5.57. The topological polar surface area (TPSA) is 59.5 Å². The Morgan fingerprint density at radius 2 is 1.92 bits per heavy atom. The SMILES string of the molecule is COc1ccnc(NC[C@H](c2ccccc2OC)N2CCCC2)n1. The summed E-state index contributed by atoms with van der Waals surface area (Å²) in [7, 11) is 3.33. The molecule has 6 nitrogen and oxygen atoms in total. The van der Waals surface area contributed by atoms with Crippen LogP contribution in [0.25, 0.3) is 0 Å². The number of hydrogen-bond acceptors (Lipinski definition) is 6. The lowest BCUT2D eigenvalue weighted by molar-refractivity contribution is 0.249. The zero-order valence-electron chi connectivity index (χ0n) is 14.2. The largest absolute Gasteiger partial charge is 0.496 e. The van der Waals surface area contributed by atoms with E-state index < -0.39 is 0 Å². The second-order valence-electron chi connectivity index (χ2n) is 5.80. The first-order valence-corrected chi connectivity index (χ1v) is 8.29. The van der Waals surface area contributed by atoms with Crippen molar-refractivity contribution < 1.29 is 9.47 Å². The van der Waals surface area contributed by atoms with Gasteiger partial charge in [-0.15, -0.1) is 0 Å². The van der Waals surface area contributed by atoms with Crippen LogP contribution >= 0.6 is 0 Å². The van der Waals surface area contributed by atoms with Crippen molar-refractivity contribution in [2.24, 2.45) is 0 Å². The highest BCUT2D eigenvalue weighted by molar-refractivity contribution is 5.38. The maximum atomic E-state index is 5.57. The van der Waals surface area contributed by atoms with Gasteiger partial charge in [0.05, 0.1) is 20.3 Å². The Morgan fingerprint density at radius 1 is 1.12 bits per heavy atom. The highest BCUT2D eigenvalue weighted by Gasteiger charge is 2.25. The van der Waals surface area contributed by atoms with Crippen molar-refractivity contribution >= 4 is 5.95 Å². The average molecular weight is 328 g/mol. The molecular formula is C18H24N4O2. The minimum Gasteiger partial charge on any atom is -0.496 e. The van der Waals surface area contributed by atoms with Gasteiger partial charge in [-0.2, -0.15) is 4.98 Å². The van der Waals surface area contributed by atoms with E-state index in [0.717, 1.165) is 18.8 Å². The zero-order chi connectivity index (χ0) is 16.8. The van der Waals surface area contributed by atoms with Gasteiger partial charge < -0.3 is 14.8 Å². The number of rotatable bonds is 7. The quantitative estimate of drug-likeness (QED) is 0.843. The molecule has 1 atom stereocenters. The van der Waals surface area contributed by atoms with Crippen molar-refractivity contribution in [3.63, 3.8) is 0 Å². The number of aromatic nitrogens is 2. The fraction of sp³-hybridized carbons (Fsp3) is 0.444. The van der Waals surface area contributed by atoms with Crippen LogP contribution in [0.5, 0.6) is 11.6 Å². The lowest BCUT2D eigenvalue weighted by Gasteiger charge is -2.29. The number of hydrogen-bond donors (Lipinski definition) is 1. The second-order valence-corrected chi connectivity index (χ2v) is 5.80. The first-order chi connectivity index (χ1) is 11.8. The molecule has 1 aliphatic heterocycles. The molecule has 0 aliphatic carbocycles. The molecule has 2 aromatic rings. The van der Waals surface area contributed by atoms with Gasteiger partial charge in [0.15, 0.2) is 0 Å². The summed E-state index contributed by atoms with van der Waals surface area (Å²) in [6.45, 7) is 2.92.